The van der Waals surface area contributed by atoms with Crippen molar-refractivity contribution in [1.82, 2.24) is 15.5 Å². The van der Waals surface area contributed by atoms with Gasteiger partial charge in [0, 0.05) is 12.1 Å². The van der Waals surface area contributed by atoms with Crippen LogP contribution in [0.1, 0.15) is 72.6 Å². The second-order valence-electron chi connectivity index (χ2n) is 10.8. The Kier molecular flexibility index (Phi) is 9.93. The van der Waals surface area contributed by atoms with Gasteiger partial charge in [0.15, 0.2) is 0 Å². The fourth-order valence-electron chi connectivity index (χ4n) is 3.36. The Hall–Kier alpha value is -2.81. The van der Waals surface area contributed by atoms with Gasteiger partial charge in [-0.25, -0.2) is 4.79 Å². The standard InChI is InChI=1S/C25H41N3O6/c1-15(2)19(26-23(33)34-25(7,8)9)22(32)28(12-13-29)20(21(31)27-24(4,5)6)17-10-11-18(30)16(3)14-17/h10-11,14-15,19-20,29-30H,12-13H2,1-9H3,(H,26,33)(H,27,31). The Balaban J connectivity index is 3.49. The van der Waals surface area contributed by atoms with E-state index in [0.29, 0.717) is 11.1 Å². The summed E-state index contributed by atoms with van der Waals surface area (Å²) in [5, 5.41) is 25.3. The van der Waals surface area contributed by atoms with Crippen molar-refractivity contribution < 1.29 is 29.3 Å². The van der Waals surface area contributed by atoms with Gasteiger partial charge in [0.1, 0.15) is 23.4 Å². The van der Waals surface area contributed by atoms with Crippen LogP contribution in [0.4, 0.5) is 4.79 Å². The van der Waals surface area contributed by atoms with Crippen molar-refractivity contribution in [2.24, 2.45) is 5.92 Å². The second kappa shape index (κ2) is 11.6. The van der Waals surface area contributed by atoms with Crippen LogP contribution in [0.25, 0.3) is 0 Å². The van der Waals surface area contributed by atoms with E-state index in [-0.39, 0.29) is 24.8 Å². The van der Waals surface area contributed by atoms with E-state index in [1.165, 1.54) is 11.0 Å². The topological polar surface area (TPSA) is 128 Å². The van der Waals surface area contributed by atoms with E-state index in [2.05, 4.69) is 10.6 Å². The normalized spacial score (nSPS) is 13.7. The first-order chi connectivity index (χ1) is 15.5. The van der Waals surface area contributed by atoms with E-state index in [1.807, 2.05) is 20.8 Å². The SMILES string of the molecule is Cc1cc(C(C(=O)NC(C)(C)C)N(CCO)C(=O)C(NC(=O)OC(C)(C)C)C(C)C)ccc1O. The Morgan fingerprint density at radius 2 is 1.68 bits per heavy atom. The summed E-state index contributed by atoms with van der Waals surface area (Å²) < 4.78 is 5.32. The molecule has 4 N–H and O–H groups in total. The van der Waals surface area contributed by atoms with Crippen molar-refractivity contribution in [2.45, 2.75) is 85.5 Å². The molecule has 34 heavy (non-hydrogen) atoms. The van der Waals surface area contributed by atoms with Crippen LogP contribution >= 0.6 is 0 Å². The molecule has 0 saturated carbocycles. The number of carbonyl (C=O) groups is 3. The molecule has 9 heteroatoms. The van der Waals surface area contributed by atoms with Crippen LogP contribution in [0.5, 0.6) is 5.75 Å². The summed E-state index contributed by atoms with van der Waals surface area (Å²) in [6, 6.07) is 2.57. The molecule has 0 aliphatic heterocycles. The van der Waals surface area contributed by atoms with Crippen LogP contribution < -0.4 is 10.6 Å². The first kappa shape index (κ1) is 29.2. The summed E-state index contributed by atoms with van der Waals surface area (Å²) in [4.78, 5) is 40.8. The van der Waals surface area contributed by atoms with Gasteiger partial charge >= 0.3 is 6.09 Å². The Labute approximate surface area is 202 Å². The van der Waals surface area contributed by atoms with Crippen LogP contribution in [0.3, 0.4) is 0 Å². The van der Waals surface area contributed by atoms with E-state index in [4.69, 9.17) is 4.74 Å². The Morgan fingerprint density at radius 3 is 2.12 bits per heavy atom. The second-order valence-corrected chi connectivity index (χ2v) is 10.8. The molecule has 0 bridgehead atoms. The van der Waals surface area contributed by atoms with E-state index < -0.39 is 41.1 Å². The number of nitrogens with one attached hydrogen (secondary N) is 2. The molecule has 1 aromatic carbocycles. The van der Waals surface area contributed by atoms with Gasteiger partial charge < -0.3 is 30.5 Å². The summed E-state index contributed by atoms with van der Waals surface area (Å²) in [6.07, 6.45) is -0.750. The molecule has 2 atom stereocenters. The average molecular weight is 480 g/mol. The zero-order valence-electron chi connectivity index (χ0n) is 21.9. The third-order valence-corrected chi connectivity index (χ3v) is 4.82. The number of rotatable bonds is 8. The predicted octanol–water partition coefficient (Wildman–Crippen LogP) is 3.03. The monoisotopic (exact) mass is 479 g/mol. The van der Waals surface area contributed by atoms with Crippen molar-refractivity contribution >= 4 is 17.9 Å². The number of hydrogen-bond donors (Lipinski definition) is 4. The van der Waals surface area contributed by atoms with Crippen LogP contribution in [-0.2, 0) is 14.3 Å². The molecule has 1 aromatic rings. The summed E-state index contributed by atoms with van der Waals surface area (Å²) >= 11 is 0. The number of alkyl carbamates (subject to hydrolysis) is 1. The molecule has 0 radical (unpaired) electrons. The summed E-state index contributed by atoms with van der Waals surface area (Å²) in [5.74, 6) is -1.24. The lowest BCUT2D eigenvalue weighted by Crippen LogP contribution is -2.56. The van der Waals surface area contributed by atoms with Crippen LogP contribution in [0.15, 0.2) is 18.2 Å². The van der Waals surface area contributed by atoms with Gasteiger partial charge in [0.25, 0.3) is 0 Å². The molecule has 3 amide bonds. The zero-order valence-corrected chi connectivity index (χ0v) is 21.9. The van der Waals surface area contributed by atoms with Crippen molar-refractivity contribution in [2.75, 3.05) is 13.2 Å². The van der Waals surface area contributed by atoms with E-state index >= 15 is 0 Å². The van der Waals surface area contributed by atoms with Gasteiger partial charge in [0.2, 0.25) is 11.8 Å². The van der Waals surface area contributed by atoms with Gasteiger partial charge in [0.05, 0.1) is 6.61 Å². The molecule has 2 unspecified atom stereocenters. The number of phenols is 1. The molecule has 0 saturated heterocycles. The molecule has 0 fully saturated rings. The number of aliphatic hydroxyl groups excluding tert-OH is 1. The van der Waals surface area contributed by atoms with E-state index in [0.717, 1.165) is 0 Å². The molecule has 0 spiro atoms. The highest BCUT2D eigenvalue weighted by Crippen LogP contribution is 2.28. The van der Waals surface area contributed by atoms with Gasteiger partial charge in [-0.2, -0.15) is 0 Å². The fourth-order valence-corrected chi connectivity index (χ4v) is 3.36. The van der Waals surface area contributed by atoms with E-state index in [1.54, 1.807) is 53.7 Å². The highest BCUT2D eigenvalue weighted by Gasteiger charge is 2.38. The predicted molar refractivity (Wildman–Crippen MR) is 130 cm³/mol. The number of aryl methyl sites for hydroxylation is 1. The lowest BCUT2D eigenvalue weighted by molar-refractivity contribution is -0.144. The maximum Gasteiger partial charge on any atom is 0.408 e. The highest BCUT2D eigenvalue weighted by molar-refractivity contribution is 5.92. The number of aromatic hydroxyl groups is 1. The van der Waals surface area contributed by atoms with Gasteiger partial charge in [-0.15, -0.1) is 0 Å². The number of amides is 3. The molecule has 0 aliphatic carbocycles. The lowest BCUT2D eigenvalue weighted by Gasteiger charge is -2.36. The zero-order chi connectivity index (χ0) is 26.4. The summed E-state index contributed by atoms with van der Waals surface area (Å²) in [6.45, 7) is 15.3. The average Bonchev–Trinajstić information content (AvgIpc) is 2.65. The molecule has 192 valence electrons. The summed E-state index contributed by atoms with van der Waals surface area (Å²) in [7, 11) is 0. The van der Waals surface area contributed by atoms with Crippen molar-refractivity contribution in [3.63, 3.8) is 0 Å². The number of hydrogen-bond acceptors (Lipinski definition) is 6. The molecular formula is C25H41N3O6. The maximum atomic E-state index is 13.7. The molecule has 0 heterocycles. The number of benzene rings is 1. The molecule has 0 aromatic heterocycles. The third-order valence-electron chi connectivity index (χ3n) is 4.82. The largest absolute Gasteiger partial charge is 0.508 e. The van der Waals surface area contributed by atoms with E-state index in [9.17, 15) is 24.6 Å². The minimum Gasteiger partial charge on any atom is -0.508 e. The number of nitrogens with zero attached hydrogens (tertiary/aromatic N) is 1. The van der Waals surface area contributed by atoms with Crippen LogP contribution in [0.2, 0.25) is 0 Å². The van der Waals surface area contributed by atoms with Gasteiger partial charge in [-0.3, -0.25) is 9.59 Å². The number of carbonyl (C=O) groups excluding carboxylic acids is 3. The molecule has 0 aliphatic rings. The van der Waals surface area contributed by atoms with Crippen molar-refractivity contribution in [1.29, 1.82) is 0 Å². The fraction of sp³-hybridized carbons (Fsp3) is 0.640. The molecule has 9 nitrogen and oxygen atoms in total. The Morgan fingerprint density at radius 1 is 1.09 bits per heavy atom. The highest BCUT2D eigenvalue weighted by atomic mass is 16.6. The molecular weight excluding hydrogens is 438 g/mol. The summed E-state index contributed by atoms with van der Waals surface area (Å²) in [5.41, 5.74) is -0.326. The quantitative estimate of drug-likeness (QED) is 0.454. The van der Waals surface area contributed by atoms with Crippen LogP contribution in [-0.4, -0.2) is 63.4 Å². The van der Waals surface area contributed by atoms with Gasteiger partial charge in [-0.05, 0) is 77.6 Å². The minimum atomic E-state index is -1.10. The third kappa shape index (κ3) is 8.85. The molecule has 1 rings (SSSR count). The lowest BCUT2D eigenvalue weighted by atomic mass is 9.97. The van der Waals surface area contributed by atoms with Gasteiger partial charge in [-0.1, -0.05) is 19.9 Å². The number of ether oxygens (including phenoxy) is 1. The van der Waals surface area contributed by atoms with Crippen molar-refractivity contribution in [3.05, 3.63) is 29.3 Å². The van der Waals surface area contributed by atoms with Crippen LogP contribution in [0, 0.1) is 12.8 Å². The first-order valence-corrected chi connectivity index (χ1v) is 11.5. The maximum absolute atomic E-state index is 13.7. The number of phenolic OH excluding ortho intramolecular Hbond substituents is 1. The smallest absolute Gasteiger partial charge is 0.408 e. The van der Waals surface area contributed by atoms with Crippen molar-refractivity contribution in [3.8, 4) is 5.75 Å². The Bertz CT molecular complexity index is 870. The first-order valence-electron chi connectivity index (χ1n) is 11.5. The number of aliphatic hydroxyl groups is 1. The minimum absolute atomic E-state index is 0.0606.